The lowest BCUT2D eigenvalue weighted by Gasteiger charge is -2.24. The van der Waals surface area contributed by atoms with E-state index in [1.807, 2.05) is 6.92 Å². The average molecular weight is 305 g/mol. The summed E-state index contributed by atoms with van der Waals surface area (Å²) >= 11 is 1.60. The van der Waals surface area contributed by atoms with Crippen molar-refractivity contribution in [2.45, 2.75) is 23.6 Å². The topological polar surface area (TPSA) is 99.7 Å². The highest BCUT2D eigenvalue weighted by atomic mass is 32.2. The molecule has 0 saturated heterocycles. The SMILES string of the molecule is CCC1Sc2c(c(N)nc3cc(O)ccc23)N1CC(=O)O. The number of benzene rings is 1. The standard InChI is InChI=1S/C14H15N3O3S/c1-2-10-17(6-11(19)20)12-13(21-10)8-4-3-7(18)5-9(8)16-14(12)15/h3-5,10,18H,2,6H2,1H3,(H2,15,16)(H,19,20). The van der Waals surface area contributed by atoms with Gasteiger partial charge in [0, 0.05) is 16.3 Å². The Morgan fingerprint density at radius 3 is 2.95 bits per heavy atom. The van der Waals surface area contributed by atoms with E-state index in [-0.39, 0.29) is 17.7 Å². The van der Waals surface area contributed by atoms with Gasteiger partial charge in [0.1, 0.15) is 18.1 Å². The van der Waals surface area contributed by atoms with Gasteiger partial charge in [0.25, 0.3) is 0 Å². The lowest BCUT2D eigenvalue weighted by molar-refractivity contribution is -0.135. The number of aromatic nitrogens is 1. The third-order valence-electron chi connectivity index (χ3n) is 3.47. The number of fused-ring (bicyclic) bond motifs is 3. The van der Waals surface area contributed by atoms with Gasteiger partial charge < -0.3 is 20.8 Å². The van der Waals surface area contributed by atoms with E-state index < -0.39 is 5.97 Å². The highest BCUT2D eigenvalue weighted by Crippen LogP contribution is 2.50. The molecule has 1 atom stereocenters. The maximum Gasteiger partial charge on any atom is 0.323 e. The molecule has 1 aliphatic rings. The molecule has 6 nitrogen and oxygen atoms in total. The van der Waals surface area contributed by atoms with Crippen molar-refractivity contribution in [1.29, 1.82) is 0 Å². The van der Waals surface area contributed by atoms with Gasteiger partial charge in [-0.2, -0.15) is 0 Å². The number of nitrogen functional groups attached to an aromatic ring is 1. The molecular weight excluding hydrogens is 290 g/mol. The van der Waals surface area contributed by atoms with Crippen LogP contribution in [-0.2, 0) is 4.79 Å². The molecule has 7 heteroatoms. The van der Waals surface area contributed by atoms with Crippen molar-refractivity contribution in [2.75, 3.05) is 17.2 Å². The number of thioether (sulfide) groups is 1. The first-order chi connectivity index (χ1) is 10.0. The molecule has 2 heterocycles. The monoisotopic (exact) mass is 305 g/mol. The number of aromatic hydroxyl groups is 1. The van der Waals surface area contributed by atoms with Gasteiger partial charge in [0.05, 0.1) is 16.6 Å². The van der Waals surface area contributed by atoms with Gasteiger partial charge >= 0.3 is 5.97 Å². The Hall–Kier alpha value is -2.15. The molecule has 0 spiro atoms. The van der Waals surface area contributed by atoms with Crippen LogP contribution in [0.1, 0.15) is 13.3 Å². The second-order valence-corrected chi connectivity index (χ2v) is 6.07. The maximum absolute atomic E-state index is 11.1. The molecular formula is C14H15N3O3S. The van der Waals surface area contributed by atoms with E-state index in [0.29, 0.717) is 17.0 Å². The zero-order chi connectivity index (χ0) is 15.1. The Balaban J connectivity index is 2.21. The van der Waals surface area contributed by atoms with E-state index in [0.717, 1.165) is 16.7 Å². The predicted octanol–water partition coefficient (Wildman–Crippen LogP) is 2.26. The van der Waals surface area contributed by atoms with Gasteiger partial charge in [0.2, 0.25) is 0 Å². The zero-order valence-electron chi connectivity index (χ0n) is 11.4. The molecule has 3 rings (SSSR count). The average Bonchev–Trinajstić information content (AvgIpc) is 2.77. The van der Waals surface area contributed by atoms with E-state index in [2.05, 4.69) is 4.98 Å². The van der Waals surface area contributed by atoms with Crippen molar-refractivity contribution in [3.05, 3.63) is 18.2 Å². The molecule has 110 valence electrons. The first-order valence-electron chi connectivity index (χ1n) is 6.58. The van der Waals surface area contributed by atoms with Crippen molar-refractivity contribution < 1.29 is 15.0 Å². The highest BCUT2D eigenvalue weighted by Gasteiger charge is 2.34. The fourth-order valence-electron chi connectivity index (χ4n) is 2.60. The summed E-state index contributed by atoms with van der Waals surface area (Å²) < 4.78 is 0. The largest absolute Gasteiger partial charge is 0.508 e. The second-order valence-electron chi connectivity index (χ2n) is 4.88. The Morgan fingerprint density at radius 2 is 2.29 bits per heavy atom. The summed E-state index contributed by atoms with van der Waals surface area (Å²) in [6.45, 7) is 1.91. The van der Waals surface area contributed by atoms with Crippen LogP contribution < -0.4 is 10.6 Å². The van der Waals surface area contributed by atoms with E-state index in [4.69, 9.17) is 10.8 Å². The smallest absolute Gasteiger partial charge is 0.323 e. The van der Waals surface area contributed by atoms with Crippen molar-refractivity contribution in [1.82, 2.24) is 4.98 Å². The maximum atomic E-state index is 11.1. The number of carboxylic acid groups (broad SMARTS) is 1. The number of nitrogens with zero attached hydrogens (tertiary/aromatic N) is 2. The van der Waals surface area contributed by atoms with Crippen LogP contribution in [0.25, 0.3) is 10.9 Å². The van der Waals surface area contributed by atoms with Gasteiger partial charge in [-0.3, -0.25) is 4.79 Å². The molecule has 4 N–H and O–H groups in total. The normalized spacial score (nSPS) is 17.2. The minimum absolute atomic E-state index is 0.0274. The molecule has 1 aromatic heterocycles. The summed E-state index contributed by atoms with van der Waals surface area (Å²) in [4.78, 5) is 18.1. The summed E-state index contributed by atoms with van der Waals surface area (Å²) in [6.07, 6.45) is 0.797. The lowest BCUT2D eigenvalue weighted by atomic mass is 10.1. The third-order valence-corrected chi connectivity index (χ3v) is 4.98. The fraction of sp³-hybridized carbons (Fsp3) is 0.286. The van der Waals surface area contributed by atoms with Crippen molar-refractivity contribution >= 4 is 40.1 Å². The molecule has 1 aromatic carbocycles. The van der Waals surface area contributed by atoms with Crippen LogP contribution in [0.5, 0.6) is 5.75 Å². The van der Waals surface area contributed by atoms with Crippen LogP contribution in [0.15, 0.2) is 23.1 Å². The number of hydrogen-bond donors (Lipinski definition) is 3. The Labute approximate surface area is 125 Å². The summed E-state index contributed by atoms with van der Waals surface area (Å²) in [5.41, 5.74) is 7.33. The molecule has 1 unspecified atom stereocenters. The Kier molecular flexibility index (Phi) is 3.29. The van der Waals surface area contributed by atoms with E-state index in [1.54, 1.807) is 34.9 Å². The molecule has 0 radical (unpaired) electrons. The molecule has 0 amide bonds. The van der Waals surface area contributed by atoms with Crippen LogP contribution in [0.2, 0.25) is 0 Å². The van der Waals surface area contributed by atoms with Gasteiger partial charge in [-0.05, 0) is 18.6 Å². The molecule has 1 aliphatic heterocycles. The van der Waals surface area contributed by atoms with Crippen LogP contribution >= 0.6 is 11.8 Å². The van der Waals surface area contributed by atoms with Gasteiger partial charge in [0.15, 0.2) is 0 Å². The Morgan fingerprint density at radius 1 is 1.52 bits per heavy atom. The number of aliphatic carboxylic acids is 1. The van der Waals surface area contributed by atoms with Crippen molar-refractivity contribution in [2.24, 2.45) is 0 Å². The number of pyridine rings is 1. The number of carboxylic acids is 1. The lowest BCUT2D eigenvalue weighted by Crippen LogP contribution is -2.34. The number of hydrogen-bond acceptors (Lipinski definition) is 6. The number of phenols is 1. The van der Waals surface area contributed by atoms with Crippen LogP contribution in [0.3, 0.4) is 0 Å². The minimum Gasteiger partial charge on any atom is -0.508 e. The summed E-state index contributed by atoms with van der Waals surface area (Å²) in [5.74, 6) is -0.466. The van der Waals surface area contributed by atoms with Crippen LogP contribution in [0.4, 0.5) is 11.5 Å². The number of phenolic OH excluding ortho intramolecular Hbond substituents is 1. The quantitative estimate of drug-likeness (QED) is 0.799. The van der Waals surface area contributed by atoms with Gasteiger partial charge in [-0.15, -0.1) is 0 Å². The van der Waals surface area contributed by atoms with E-state index in [1.165, 1.54) is 0 Å². The number of rotatable bonds is 3. The number of carbonyl (C=O) groups is 1. The number of nitrogens with two attached hydrogens (primary N) is 1. The first-order valence-corrected chi connectivity index (χ1v) is 7.46. The molecule has 0 aliphatic carbocycles. The van der Waals surface area contributed by atoms with Crippen molar-refractivity contribution in [3.8, 4) is 5.75 Å². The highest BCUT2D eigenvalue weighted by molar-refractivity contribution is 8.00. The van der Waals surface area contributed by atoms with E-state index in [9.17, 15) is 9.90 Å². The summed E-state index contributed by atoms with van der Waals surface area (Å²) in [7, 11) is 0. The van der Waals surface area contributed by atoms with Crippen LogP contribution in [0, 0.1) is 0 Å². The third kappa shape index (κ3) is 2.23. The number of anilines is 2. The van der Waals surface area contributed by atoms with Gasteiger partial charge in [-0.1, -0.05) is 18.7 Å². The molecule has 0 bridgehead atoms. The van der Waals surface area contributed by atoms with Gasteiger partial charge in [-0.25, -0.2) is 4.98 Å². The predicted molar refractivity (Wildman–Crippen MR) is 82.7 cm³/mol. The molecule has 21 heavy (non-hydrogen) atoms. The molecule has 2 aromatic rings. The van der Waals surface area contributed by atoms with Crippen LogP contribution in [-0.4, -0.2) is 33.1 Å². The van der Waals surface area contributed by atoms with Crippen molar-refractivity contribution in [3.63, 3.8) is 0 Å². The summed E-state index contributed by atoms with van der Waals surface area (Å²) in [5, 5.41) is 19.6. The fourth-order valence-corrected chi connectivity index (χ4v) is 3.98. The summed E-state index contributed by atoms with van der Waals surface area (Å²) in [6, 6.07) is 4.95. The van der Waals surface area contributed by atoms with E-state index >= 15 is 0 Å². The Bertz CT molecular complexity index is 735. The minimum atomic E-state index is -0.896. The molecule has 0 fully saturated rings. The second kappa shape index (κ2) is 5.00. The zero-order valence-corrected chi connectivity index (χ0v) is 12.2. The molecule has 0 saturated carbocycles. The first kappa shape index (κ1) is 13.8.